The van der Waals surface area contributed by atoms with E-state index in [1.807, 2.05) is 0 Å². The van der Waals surface area contributed by atoms with E-state index in [1.165, 1.54) is 13.8 Å². The summed E-state index contributed by atoms with van der Waals surface area (Å²) in [6.45, 7) is 3.23. The zero-order valence-electron chi connectivity index (χ0n) is 9.10. The largest absolute Gasteiger partial charge is 0.495 e. The summed E-state index contributed by atoms with van der Waals surface area (Å²) in [5.41, 5.74) is -0.566. The van der Waals surface area contributed by atoms with Gasteiger partial charge in [-0.1, -0.05) is 11.6 Å². The van der Waals surface area contributed by atoms with Gasteiger partial charge < -0.3 is 10.1 Å². The Morgan fingerprint density at radius 1 is 1.47 bits per heavy atom. The van der Waals surface area contributed by atoms with E-state index in [2.05, 4.69) is 5.32 Å². The Kier molecular flexibility index (Phi) is 3.80. The van der Waals surface area contributed by atoms with Crippen molar-refractivity contribution < 1.29 is 9.13 Å². The van der Waals surface area contributed by atoms with E-state index in [-0.39, 0.29) is 6.54 Å². The Morgan fingerprint density at radius 3 is 2.67 bits per heavy atom. The molecular weight excluding hydrogens is 217 g/mol. The lowest BCUT2D eigenvalue weighted by Crippen LogP contribution is -2.24. The molecule has 0 amide bonds. The van der Waals surface area contributed by atoms with Crippen molar-refractivity contribution in [3.63, 3.8) is 0 Å². The molecule has 0 atom stereocenters. The van der Waals surface area contributed by atoms with Crippen LogP contribution in [0, 0.1) is 0 Å². The summed E-state index contributed by atoms with van der Waals surface area (Å²) in [5.74, 6) is 0.656. The summed E-state index contributed by atoms with van der Waals surface area (Å²) in [4.78, 5) is 0. The number of anilines is 1. The summed E-state index contributed by atoms with van der Waals surface area (Å²) >= 11 is 5.83. The smallest absolute Gasteiger partial charge is 0.142 e. The molecule has 84 valence electrons. The first-order valence-corrected chi connectivity index (χ1v) is 5.06. The van der Waals surface area contributed by atoms with Gasteiger partial charge in [0.15, 0.2) is 0 Å². The number of alkyl halides is 1. The van der Waals surface area contributed by atoms with Crippen LogP contribution in [0.2, 0.25) is 5.02 Å². The van der Waals surface area contributed by atoms with Crippen LogP contribution < -0.4 is 10.1 Å². The molecule has 0 bridgehead atoms. The molecule has 0 aliphatic carbocycles. The Morgan fingerprint density at radius 2 is 2.13 bits per heavy atom. The zero-order valence-corrected chi connectivity index (χ0v) is 9.86. The molecule has 1 aromatic rings. The predicted molar refractivity (Wildman–Crippen MR) is 61.7 cm³/mol. The first kappa shape index (κ1) is 12.1. The molecule has 2 nitrogen and oxygen atoms in total. The summed E-state index contributed by atoms with van der Waals surface area (Å²) in [7, 11) is 1.56. The normalized spacial score (nSPS) is 11.3. The van der Waals surface area contributed by atoms with Gasteiger partial charge in [-0.2, -0.15) is 0 Å². The van der Waals surface area contributed by atoms with Crippen LogP contribution >= 0.6 is 11.6 Å². The maximum atomic E-state index is 13.3. The number of halogens is 2. The molecule has 1 aromatic carbocycles. The highest BCUT2D eigenvalue weighted by Crippen LogP contribution is 2.28. The minimum absolute atomic E-state index is 0.212. The van der Waals surface area contributed by atoms with Gasteiger partial charge in [-0.15, -0.1) is 0 Å². The van der Waals surface area contributed by atoms with E-state index in [0.717, 1.165) is 0 Å². The van der Waals surface area contributed by atoms with Crippen LogP contribution in [0.4, 0.5) is 10.1 Å². The van der Waals surface area contributed by atoms with Crippen LogP contribution in [0.25, 0.3) is 0 Å². The lowest BCUT2D eigenvalue weighted by atomic mass is 10.1. The first-order chi connectivity index (χ1) is 6.92. The number of benzene rings is 1. The van der Waals surface area contributed by atoms with Gasteiger partial charge >= 0.3 is 0 Å². The first-order valence-electron chi connectivity index (χ1n) is 4.69. The molecule has 0 saturated carbocycles. The number of hydrogen-bond donors (Lipinski definition) is 1. The molecule has 15 heavy (non-hydrogen) atoms. The molecule has 0 fully saturated rings. The minimum atomic E-state index is -1.27. The third-order valence-electron chi connectivity index (χ3n) is 1.86. The quantitative estimate of drug-likeness (QED) is 0.856. The lowest BCUT2D eigenvalue weighted by Gasteiger charge is -2.17. The minimum Gasteiger partial charge on any atom is -0.495 e. The van der Waals surface area contributed by atoms with Crippen LogP contribution in [0.3, 0.4) is 0 Å². The second kappa shape index (κ2) is 4.71. The van der Waals surface area contributed by atoms with Crippen molar-refractivity contribution in [2.24, 2.45) is 0 Å². The highest BCUT2D eigenvalue weighted by molar-refractivity contribution is 6.30. The SMILES string of the molecule is COc1ccc(Cl)cc1NCC(C)(C)F. The van der Waals surface area contributed by atoms with Crippen molar-refractivity contribution in [3.05, 3.63) is 23.2 Å². The van der Waals surface area contributed by atoms with Crippen LogP contribution in [-0.4, -0.2) is 19.3 Å². The second-order valence-corrected chi connectivity index (χ2v) is 4.35. The second-order valence-electron chi connectivity index (χ2n) is 3.92. The van der Waals surface area contributed by atoms with E-state index in [0.29, 0.717) is 16.5 Å². The maximum Gasteiger partial charge on any atom is 0.142 e. The van der Waals surface area contributed by atoms with Gasteiger partial charge in [0.25, 0.3) is 0 Å². The van der Waals surface area contributed by atoms with Crippen molar-refractivity contribution in [1.82, 2.24) is 0 Å². The van der Waals surface area contributed by atoms with Crippen LogP contribution in [0.1, 0.15) is 13.8 Å². The molecule has 4 heteroatoms. The molecule has 0 heterocycles. The van der Waals surface area contributed by atoms with Gasteiger partial charge in [0, 0.05) is 11.6 Å². The number of nitrogens with one attached hydrogen (secondary N) is 1. The van der Waals surface area contributed by atoms with Gasteiger partial charge in [-0.05, 0) is 32.0 Å². The fraction of sp³-hybridized carbons (Fsp3) is 0.455. The molecule has 0 unspecified atom stereocenters. The van der Waals surface area contributed by atoms with Crippen molar-refractivity contribution in [1.29, 1.82) is 0 Å². The standard InChI is InChI=1S/C11H15ClFNO/c1-11(2,13)7-14-9-6-8(12)4-5-10(9)15-3/h4-6,14H,7H2,1-3H3. The molecule has 0 aromatic heterocycles. The van der Waals surface area contributed by atoms with Crippen molar-refractivity contribution in [2.75, 3.05) is 19.0 Å². The topological polar surface area (TPSA) is 21.3 Å². The van der Waals surface area contributed by atoms with Crippen molar-refractivity contribution in [3.8, 4) is 5.75 Å². The molecule has 0 aliphatic rings. The van der Waals surface area contributed by atoms with Gasteiger partial charge in [-0.3, -0.25) is 0 Å². The molecule has 1 rings (SSSR count). The molecule has 1 N–H and O–H groups in total. The maximum absolute atomic E-state index is 13.3. The van der Waals surface area contributed by atoms with E-state index in [1.54, 1.807) is 25.3 Å². The summed E-state index contributed by atoms with van der Waals surface area (Å²) < 4.78 is 18.4. The average Bonchev–Trinajstić information content (AvgIpc) is 2.14. The summed E-state index contributed by atoms with van der Waals surface area (Å²) in [6, 6.07) is 5.19. The molecular formula is C11H15ClFNO. The Hall–Kier alpha value is -0.960. The number of ether oxygens (including phenoxy) is 1. The molecule has 0 radical (unpaired) electrons. The van der Waals surface area contributed by atoms with Crippen LogP contribution in [-0.2, 0) is 0 Å². The fourth-order valence-corrected chi connectivity index (χ4v) is 1.30. The number of methoxy groups -OCH3 is 1. The summed E-state index contributed by atoms with van der Waals surface area (Å²) in [5, 5.41) is 3.55. The highest BCUT2D eigenvalue weighted by Gasteiger charge is 2.15. The molecule has 0 aliphatic heterocycles. The van der Waals surface area contributed by atoms with Crippen molar-refractivity contribution in [2.45, 2.75) is 19.5 Å². The summed E-state index contributed by atoms with van der Waals surface area (Å²) in [6.07, 6.45) is 0. The number of hydrogen-bond acceptors (Lipinski definition) is 2. The monoisotopic (exact) mass is 231 g/mol. The Balaban J connectivity index is 2.79. The van der Waals surface area contributed by atoms with Crippen molar-refractivity contribution >= 4 is 17.3 Å². The zero-order chi connectivity index (χ0) is 11.5. The predicted octanol–water partition coefficient (Wildman–Crippen LogP) is 3.51. The number of rotatable bonds is 4. The third-order valence-corrected chi connectivity index (χ3v) is 2.10. The third kappa shape index (κ3) is 3.96. The molecule has 0 spiro atoms. The van der Waals surface area contributed by atoms with E-state index < -0.39 is 5.67 Å². The average molecular weight is 232 g/mol. The van der Waals surface area contributed by atoms with Crippen LogP contribution in [0.15, 0.2) is 18.2 Å². The van der Waals surface area contributed by atoms with Gasteiger partial charge in [0.2, 0.25) is 0 Å². The fourth-order valence-electron chi connectivity index (χ4n) is 1.12. The Bertz CT molecular complexity index is 336. The van der Waals surface area contributed by atoms with Gasteiger partial charge in [-0.25, -0.2) is 4.39 Å². The Labute approximate surface area is 94.4 Å². The molecule has 0 saturated heterocycles. The van der Waals surface area contributed by atoms with Gasteiger partial charge in [0.05, 0.1) is 12.8 Å². The highest BCUT2D eigenvalue weighted by atomic mass is 35.5. The van der Waals surface area contributed by atoms with E-state index >= 15 is 0 Å². The van der Waals surface area contributed by atoms with E-state index in [9.17, 15) is 4.39 Å². The van der Waals surface area contributed by atoms with E-state index in [4.69, 9.17) is 16.3 Å². The van der Waals surface area contributed by atoms with Gasteiger partial charge in [0.1, 0.15) is 11.4 Å². The lowest BCUT2D eigenvalue weighted by molar-refractivity contribution is 0.235. The van der Waals surface area contributed by atoms with Crippen LogP contribution in [0.5, 0.6) is 5.75 Å².